The van der Waals surface area contributed by atoms with Gasteiger partial charge in [-0.3, -0.25) is 4.57 Å². The number of para-hydroxylation sites is 1. The van der Waals surface area contributed by atoms with Crippen LogP contribution in [0.3, 0.4) is 0 Å². The lowest BCUT2D eigenvalue weighted by Crippen LogP contribution is -1.99. The summed E-state index contributed by atoms with van der Waals surface area (Å²) in [7, 11) is -4.58. The van der Waals surface area contributed by atoms with Crippen LogP contribution in [-0.4, -0.2) is 15.8 Å². The van der Waals surface area contributed by atoms with Crippen molar-refractivity contribution in [1.82, 2.24) is 0 Å². The summed E-state index contributed by atoms with van der Waals surface area (Å²) < 4.78 is 21.7. The predicted molar refractivity (Wildman–Crippen MR) is 73.2 cm³/mol. The summed E-state index contributed by atoms with van der Waals surface area (Å²) in [6, 6.07) is 13.3. The van der Waals surface area contributed by atoms with Crippen molar-refractivity contribution in [2.75, 3.05) is 0 Å². The van der Waals surface area contributed by atoms with E-state index in [4.69, 9.17) is 9.47 Å². The van der Waals surface area contributed by atoms with Crippen molar-refractivity contribution < 1.29 is 28.6 Å². The molecule has 0 amide bonds. The van der Waals surface area contributed by atoms with Gasteiger partial charge in [0.25, 0.3) is 0 Å². The molecular weight excluding hydrogens is 295 g/mol. The smallest absolute Gasteiger partial charge is 0.370 e. The van der Waals surface area contributed by atoms with Crippen LogP contribution in [0.4, 0.5) is 0 Å². The van der Waals surface area contributed by atoms with Gasteiger partial charge in [-0.15, -0.1) is 0 Å². The van der Waals surface area contributed by atoms with Crippen LogP contribution < -0.4 is 4.74 Å². The van der Waals surface area contributed by atoms with E-state index in [2.05, 4.69) is 0 Å². The van der Waals surface area contributed by atoms with E-state index in [0.717, 1.165) is 0 Å². The zero-order valence-corrected chi connectivity index (χ0v) is 11.6. The fraction of sp³-hybridized carbons (Fsp3) is 0.0714. The lowest BCUT2D eigenvalue weighted by Gasteiger charge is -2.13. The average Bonchev–Trinajstić information content (AvgIpc) is 2.77. The van der Waals surface area contributed by atoms with Crippen molar-refractivity contribution in [3.63, 3.8) is 0 Å². The molecule has 0 aromatic heterocycles. The van der Waals surface area contributed by atoms with Crippen LogP contribution in [0.25, 0.3) is 0 Å². The van der Waals surface area contributed by atoms with E-state index in [1.807, 2.05) is 6.07 Å². The van der Waals surface area contributed by atoms with E-state index in [1.54, 1.807) is 30.3 Å². The highest BCUT2D eigenvalue weighted by Crippen LogP contribution is 2.56. The number of benzene rings is 2. The van der Waals surface area contributed by atoms with Crippen LogP contribution in [0.5, 0.6) is 11.5 Å². The molecule has 0 saturated carbocycles. The monoisotopic (exact) mass is 306 g/mol. The fourth-order valence-electron chi connectivity index (χ4n) is 2.10. The lowest BCUT2D eigenvalue weighted by molar-refractivity contribution is 0.0471. The highest BCUT2D eigenvalue weighted by Gasteiger charge is 2.42. The number of carbonyl (C=O) groups is 1. The van der Waals surface area contributed by atoms with Crippen LogP contribution in [0.2, 0.25) is 0 Å². The Balaban J connectivity index is 1.97. The summed E-state index contributed by atoms with van der Waals surface area (Å²) in [5.41, 5.74) is 0.283. The molecule has 7 heteroatoms. The summed E-state index contributed by atoms with van der Waals surface area (Å²) in [5, 5.41) is 0. The van der Waals surface area contributed by atoms with E-state index >= 15 is 0 Å². The van der Waals surface area contributed by atoms with E-state index in [1.165, 1.54) is 12.1 Å². The molecule has 1 atom stereocenters. The first-order chi connectivity index (χ1) is 9.95. The van der Waals surface area contributed by atoms with Crippen molar-refractivity contribution in [2.24, 2.45) is 0 Å². The van der Waals surface area contributed by atoms with E-state index in [-0.39, 0.29) is 11.1 Å². The summed E-state index contributed by atoms with van der Waals surface area (Å²) in [6.07, 6.45) is 0. The minimum Gasteiger partial charge on any atom is -0.457 e. The highest BCUT2D eigenvalue weighted by atomic mass is 31.2. The van der Waals surface area contributed by atoms with Gasteiger partial charge in [-0.05, 0) is 30.3 Å². The molecule has 2 aromatic carbocycles. The Labute approximate surface area is 120 Å². The standard InChI is InChI=1S/C14H11O6P/c15-13-11-7-6-10(19-9-4-2-1-3-5-9)8-12(11)14(20-13)21(16,17)18/h1-8,14H,(H2,16,17,18). The zero-order valence-electron chi connectivity index (χ0n) is 10.7. The molecule has 0 radical (unpaired) electrons. The Morgan fingerprint density at radius 1 is 1.05 bits per heavy atom. The fourth-order valence-corrected chi connectivity index (χ4v) is 2.91. The Kier molecular flexibility index (Phi) is 3.29. The van der Waals surface area contributed by atoms with E-state index in [0.29, 0.717) is 11.5 Å². The van der Waals surface area contributed by atoms with Crippen LogP contribution in [0.15, 0.2) is 48.5 Å². The molecule has 0 spiro atoms. The maximum absolute atomic E-state index is 11.6. The highest BCUT2D eigenvalue weighted by molar-refractivity contribution is 7.52. The van der Waals surface area contributed by atoms with Gasteiger partial charge < -0.3 is 19.3 Å². The van der Waals surface area contributed by atoms with Gasteiger partial charge in [0.15, 0.2) is 0 Å². The van der Waals surface area contributed by atoms with Crippen molar-refractivity contribution in [3.8, 4) is 11.5 Å². The normalized spacial score (nSPS) is 17.2. The molecule has 0 bridgehead atoms. The molecule has 108 valence electrons. The first-order valence-corrected chi connectivity index (χ1v) is 7.76. The minimum absolute atomic E-state index is 0.141. The van der Waals surface area contributed by atoms with Gasteiger partial charge in [0.1, 0.15) is 11.5 Å². The van der Waals surface area contributed by atoms with Crippen LogP contribution in [-0.2, 0) is 9.30 Å². The molecule has 0 saturated heterocycles. The molecule has 2 N–H and O–H groups in total. The van der Waals surface area contributed by atoms with Crippen molar-refractivity contribution >= 4 is 13.6 Å². The predicted octanol–water partition coefficient (Wildman–Crippen LogP) is 2.83. The molecule has 1 aliphatic rings. The van der Waals surface area contributed by atoms with Gasteiger partial charge in [-0.1, -0.05) is 18.2 Å². The third kappa shape index (κ3) is 2.69. The number of ether oxygens (including phenoxy) is 2. The van der Waals surface area contributed by atoms with Crippen molar-refractivity contribution in [2.45, 2.75) is 5.85 Å². The maximum Gasteiger partial charge on any atom is 0.370 e. The van der Waals surface area contributed by atoms with Crippen LogP contribution in [0, 0.1) is 0 Å². The summed E-state index contributed by atoms with van der Waals surface area (Å²) >= 11 is 0. The van der Waals surface area contributed by atoms with E-state index < -0.39 is 19.4 Å². The Hall–Kier alpha value is -2.14. The SMILES string of the molecule is O=C1OC(P(=O)(O)O)c2cc(Oc3ccccc3)ccc21. The molecule has 1 heterocycles. The molecule has 6 nitrogen and oxygen atoms in total. The maximum atomic E-state index is 11.6. The summed E-state index contributed by atoms with van der Waals surface area (Å²) in [5.74, 6) is -1.36. The molecule has 2 aromatic rings. The second-order valence-corrected chi connectivity index (χ2v) is 6.16. The topological polar surface area (TPSA) is 93.1 Å². The molecule has 1 aliphatic heterocycles. The number of esters is 1. The molecule has 1 unspecified atom stereocenters. The van der Waals surface area contributed by atoms with Crippen molar-refractivity contribution in [3.05, 3.63) is 59.7 Å². The second-order valence-electron chi connectivity index (χ2n) is 4.51. The number of cyclic esters (lactones) is 1. The molecule has 21 heavy (non-hydrogen) atoms. The van der Waals surface area contributed by atoms with E-state index in [9.17, 15) is 19.1 Å². The minimum atomic E-state index is -4.58. The molecule has 0 fully saturated rings. The lowest BCUT2D eigenvalue weighted by atomic mass is 10.1. The van der Waals surface area contributed by atoms with Gasteiger partial charge in [0, 0.05) is 5.56 Å². The Bertz CT molecular complexity index is 736. The van der Waals surface area contributed by atoms with Crippen molar-refractivity contribution in [1.29, 1.82) is 0 Å². The quantitative estimate of drug-likeness (QED) is 0.669. The van der Waals surface area contributed by atoms with Gasteiger partial charge in [0.05, 0.1) is 5.56 Å². The van der Waals surface area contributed by atoms with Gasteiger partial charge in [0.2, 0.25) is 5.85 Å². The van der Waals surface area contributed by atoms with Gasteiger partial charge in [-0.25, -0.2) is 4.79 Å². The molecular formula is C14H11O6P. The average molecular weight is 306 g/mol. The third-order valence-corrected chi connectivity index (χ3v) is 4.01. The number of hydrogen-bond donors (Lipinski definition) is 2. The first-order valence-electron chi connectivity index (χ1n) is 6.08. The number of rotatable bonds is 3. The number of fused-ring (bicyclic) bond motifs is 1. The third-order valence-electron chi connectivity index (χ3n) is 3.01. The first kappa shape index (κ1) is 13.8. The number of carbonyl (C=O) groups excluding carboxylic acids is 1. The zero-order chi connectivity index (χ0) is 15.0. The van der Waals surface area contributed by atoms with Gasteiger partial charge >= 0.3 is 13.6 Å². The summed E-state index contributed by atoms with van der Waals surface area (Å²) in [4.78, 5) is 30.1. The van der Waals surface area contributed by atoms with Gasteiger partial charge in [-0.2, -0.15) is 0 Å². The second kappa shape index (κ2) is 5.00. The largest absolute Gasteiger partial charge is 0.457 e. The Morgan fingerprint density at radius 3 is 2.43 bits per heavy atom. The molecule has 0 aliphatic carbocycles. The number of hydrogen-bond acceptors (Lipinski definition) is 4. The van der Waals surface area contributed by atoms with Crippen LogP contribution >= 0.6 is 7.60 Å². The Morgan fingerprint density at radius 2 is 1.76 bits per heavy atom. The molecule has 3 rings (SSSR count). The summed E-state index contributed by atoms with van der Waals surface area (Å²) in [6.45, 7) is 0. The van der Waals surface area contributed by atoms with Crippen LogP contribution in [0.1, 0.15) is 21.8 Å².